The molecule has 2 atom stereocenters. The van der Waals surface area contributed by atoms with Gasteiger partial charge < -0.3 is 10.2 Å². The van der Waals surface area contributed by atoms with Crippen LogP contribution in [0, 0.1) is 0 Å². The second kappa shape index (κ2) is 6.59. The zero-order valence-electron chi connectivity index (χ0n) is 12.0. The number of fused-ring (bicyclic) bond motifs is 2. The lowest BCUT2D eigenvalue weighted by Crippen LogP contribution is -2.42. The Hall–Kier alpha value is -1.06. The molecule has 1 amide bonds. The van der Waals surface area contributed by atoms with Crippen LogP contribution in [0.25, 0.3) is 0 Å². The molecule has 2 bridgehead atoms. The van der Waals surface area contributed by atoms with Crippen LogP contribution in [0.2, 0.25) is 0 Å². The van der Waals surface area contributed by atoms with E-state index in [-0.39, 0.29) is 18.3 Å². The second-order valence-corrected chi connectivity index (χ2v) is 5.64. The van der Waals surface area contributed by atoms with Gasteiger partial charge in [-0.3, -0.25) is 4.79 Å². The maximum atomic E-state index is 12.7. The van der Waals surface area contributed by atoms with Crippen LogP contribution in [0.1, 0.15) is 42.1 Å². The summed E-state index contributed by atoms with van der Waals surface area (Å²) in [5, 5.41) is 3.44. The SMILES string of the molecule is CCc1ccc(C(=O)N2C3CCNCC2CC3)cc1.Cl. The predicted octanol–water partition coefficient (Wildman–Crippen LogP) is 2.64. The summed E-state index contributed by atoms with van der Waals surface area (Å²) >= 11 is 0. The molecule has 2 fully saturated rings. The fraction of sp³-hybridized carbons (Fsp3) is 0.562. The van der Waals surface area contributed by atoms with Crippen molar-refractivity contribution in [1.29, 1.82) is 0 Å². The summed E-state index contributed by atoms with van der Waals surface area (Å²) in [6, 6.07) is 8.96. The summed E-state index contributed by atoms with van der Waals surface area (Å²) in [4.78, 5) is 14.9. The maximum Gasteiger partial charge on any atom is 0.254 e. The van der Waals surface area contributed by atoms with E-state index in [2.05, 4.69) is 29.3 Å². The minimum absolute atomic E-state index is 0. The van der Waals surface area contributed by atoms with Gasteiger partial charge in [0.15, 0.2) is 0 Å². The summed E-state index contributed by atoms with van der Waals surface area (Å²) in [6.07, 6.45) is 4.43. The van der Waals surface area contributed by atoms with Gasteiger partial charge in [0.25, 0.3) is 5.91 Å². The summed E-state index contributed by atoms with van der Waals surface area (Å²) in [7, 11) is 0. The molecule has 0 spiro atoms. The molecule has 2 heterocycles. The predicted molar refractivity (Wildman–Crippen MR) is 83.5 cm³/mol. The number of halogens is 1. The Morgan fingerprint density at radius 1 is 1.20 bits per heavy atom. The highest BCUT2D eigenvalue weighted by atomic mass is 35.5. The first-order valence-electron chi connectivity index (χ1n) is 7.42. The smallest absolute Gasteiger partial charge is 0.254 e. The molecule has 0 saturated carbocycles. The molecule has 4 heteroatoms. The zero-order valence-corrected chi connectivity index (χ0v) is 12.8. The van der Waals surface area contributed by atoms with Crippen molar-refractivity contribution in [3.8, 4) is 0 Å². The van der Waals surface area contributed by atoms with E-state index >= 15 is 0 Å². The van der Waals surface area contributed by atoms with Gasteiger partial charge in [-0.05, 0) is 49.9 Å². The van der Waals surface area contributed by atoms with E-state index in [4.69, 9.17) is 0 Å². The average molecular weight is 295 g/mol. The number of nitrogens with one attached hydrogen (secondary N) is 1. The van der Waals surface area contributed by atoms with E-state index in [0.29, 0.717) is 12.1 Å². The molecule has 0 aromatic heterocycles. The van der Waals surface area contributed by atoms with Crippen LogP contribution in [0.15, 0.2) is 24.3 Å². The fourth-order valence-corrected chi connectivity index (χ4v) is 3.35. The van der Waals surface area contributed by atoms with Crippen molar-refractivity contribution in [3.63, 3.8) is 0 Å². The van der Waals surface area contributed by atoms with Crippen LogP contribution in [0.4, 0.5) is 0 Å². The highest BCUT2D eigenvalue weighted by Gasteiger charge is 2.38. The van der Waals surface area contributed by atoms with Crippen LogP contribution in [0.3, 0.4) is 0 Å². The Kier molecular flexibility index (Phi) is 5.06. The second-order valence-electron chi connectivity index (χ2n) is 5.64. The van der Waals surface area contributed by atoms with Gasteiger partial charge in [0, 0.05) is 24.2 Å². The van der Waals surface area contributed by atoms with E-state index in [1.54, 1.807) is 0 Å². The minimum atomic E-state index is 0. The Bertz CT molecular complexity index is 446. The number of hydrogen-bond acceptors (Lipinski definition) is 2. The van der Waals surface area contributed by atoms with Gasteiger partial charge in [0.05, 0.1) is 0 Å². The van der Waals surface area contributed by atoms with Crippen LogP contribution in [0.5, 0.6) is 0 Å². The molecule has 2 saturated heterocycles. The third-order valence-corrected chi connectivity index (χ3v) is 4.50. The third kappa shape index (κ3) is 2.84. The lowest BCUT2D eigenvalue weighted by atomic mass is 10.1. The van der Waals surface area contributed by atoms with Crippen LogP contribution in [-0.4, -0.2) is 36.0 Å². The van der Waals surface area contributed by atoms with Crippen molar-refractivity contribution in [3.05, 3.63) is 35.4 Å². The summed E-state index contributed by atoms with van der Waals surface area (Å²) in [5.41, 5.74) is 2.13. The number of hydrogen-bond donors (Lipinski definition) is 1. The highest BCUT2D eigenvalue weighted by Crippen LogP contribution is 2.29. The minimum Gasteiger partial charge on any atom is -0.331 e. The first kappa shape index (κ1) is 15.3. The van der Waals surface area contributed by atoms with E-state index in [9.17, 15) is 4.79 Å². The van der Waals surface area contributed by atoms with Crippen molar-refractivity contribution < 1.29 is 4.79 Å². The monoisotopic (exact) mass is 294 g/mol. The lowest BCUT2D eigenvalue weighted by molar-refractivity contribution is 0.0680. The molecule has 3 rings (SSSR count). The molecule has 1 aromatic rings. The Labute approximate surface area is 127 Å². The molecule has 2 aliphatic rings. The van der Waals surface area contributed by atoms with Gasteiger partial charge >= 0.3 is 0 Å². The quantitative estimate of drug-likeness (QED) is 0.909. The highest BCUT2D eigenvalue weighted by molar-refractivity contribution is 5.95. The summed E-state index contributed by atoms with van der Waals surface area (Å²) in [6.45, 7) is 4.13. The topological polar surface area (TPSA) is 32.3 Å². The number of amides is 1. The largest absolute Gasteiger partial charge is 0.331 e. The van der Waals surface area contributed by atoms with Gasteiger partial charge in [-0.1, -0.05) is 19.1 Å². The summed E-state index contributed by atoms with van der Waals surface area (Å²) in [5.74, 6) is 0.221. The maximum absolute atomic E-state index is 12.7. The molecular weight excluding hydrogens is 272 g/mol. The molecule has 0 aliphatic carbocycles. The Balaban J connectivity index is 0.00000147. The number of rotatable bonds is 2. The lowest BCUT2D eigenvalue weighted by Gasteiger charge is -2.28. The van der Waals surface area contributed by atoms with E-state index in [1.807, 2.05) is 12.1 Å². The average Bonchev–Trinajstić information content (AvgIpc) is 2.71. The first-order chi connectivity index (χ1) is 9.29. The van der Waals surface area contributed by atoms with Crippen LogP contribution in [-0.2, 0) is 6.42 Å². The number of benzene rings is 1. The van der Waals surface area contributed by atoms with E-state index < -0.39 is 0 Å². The van der Waals surface area contributed by atoms with Gasteiger partial charge in [-0.25, -0.2) is 0 Å². The fourth-order valence-electron chi connectivity index (χ4n) is 3.35. The van der Waals surface area contributed by atoms with Crippen molar-refractivity contribution in [1.82, 2.24) is 10.2 Å². The third-order valence-electron chi connectivity index (χ3n) is 4.50. The Morgan fingerprint density at radius 2 is 1.90 bits per heavy atom. The molecule has 2 unspecified atom stereocenters. The molecule has 0 radical (unpaired) electrons. The molecule has 1 aromatic carbocycles. The number of nitrogens with zero attached hydrogens (tertiary/aromatic N) is 1. The molecule has 110 valence electrons. The molecule has 1 N–H and O–H groups in total. The summed E-state index contributed by atoms with van der Waals surface area (Å²) < 4.78 is 0. The Morgan fingerprint density at radius 3 is 2.60 bits per heavy atom. The number of aryl methyl sites for hydroxylation is 1. The van der Waals surface area contributed by atoms with Crippen molar-refractivity contribution in [2.45, 2.75) is 44.7 Å². The van der Waals surface area contributed by atoms with Crippen molar-refractivity contribution in [2.24, 2.45) is 0 Å². The number of carbonyl (C=O) groups excluding carboxylic acids is 1. The van der Waals surface area contributed by atoms with Crippen molar-refractivity contribution >= 4 is 18.3 Å². The number of carbonyl (C=O) groups is 1. The van der Waals surface area contributed by atoms with Crippen LogP contribution < -0.4 is 5.32 Å². The van der Waals surface area contributed by atoms with Gasteiger partial charge in [-0.15, -0.1) is 12.4 Å². The first-order valence-corrected chi connectivity index (χ1v) is 7.42. The van der Waals surface area contributed by atoms with Crippen molar-refractivity contribution in [2.75, 3.05) is 13.1 Å². The molecule has 20 heavy (non-hydrogen) atoms. The van der Waals surface area contributed by atoms with Crippen LogP contribution >= 0.6 is 12.4 Å². The molecule has 2 aliphatic heterocycles. The van der Waals surface area contributed by atoms with Gasteiger partial charge in [0.2, 0.25) is 0 Å². The molecule has 3 nitrogen and oxygen atoms in total. The normalized spacial score (nSPS) is 24.9. The van der Waals surface area contributed by atoms with Gasteiger partial charge in [0.1, 0.15) is 0 Å². The van der Waals surface area contributed by atoms with Gasteiger partial charge in [-0.2, -0.15) is 0 Å². The van der Waals surface area contributed by atoms with E-state index in [0.717, 1.165) is 37.9 Å². The standard InChI is InChI=1S/C16H22N2O.ClH/c1-2-12-3-5-13(6-4-12)16(19)18-14-7-8-15(18)11-17-10-9-14;/h3-6,14-15,17H,2,7-11H2,1H3;1H. The van der Waals surface area contributed by atoms with E-state index in [1.165, 1.54) is 12.0 Å². The molecular formula is C16H23ClN2O. The zero-order chi connectivity index (χ0) is 13.2.